The Morgan fingerprint density at radius 2 is 1.26 bits per heavy atom. The van der Waals surface area contributed by atoms with Crippen molar-refractivity contribution in [2.75, 3.05) is 0 Å². The molecule has 8 aromatic rings. The highest BCUT2D eigenvalue weighted by atomic mass is 14.4. The van der Waals surface area contributed by atoms with E-state index in [0.29, 0.717) is 5.56 Å². The fourth-order valence-electron chi connectivity index (χ4n) is 6.89. The molecule has 1 aliphatic carbocycles. The Bertz CT molecular complexity index is 2970. The first-order chi connectivity index (χ1) is 25.3. The van der Waals surface area contributed by atoms with E-state index in [0.717, 1.165) is 38.6 Å². The van der Waals surface area contributed by atoms with Gasteiger partial charge in [-0.1, -0.05) is 139 Å². The van der Waals surface area contributed by atoms with Gasteiger partial charge in [-0.2, -0.15) is 0 Å². The van der Waals surface area contributed by atoms with Gasteiger partial charge in [0.2, 0.25) is 0 Å². The van der Waals surface area contributed by atoms with Crippen LogP contribution in [0.15, 0.2) is 151 Å². The molecule has 0 heteroatoms. The first-order valence-electron chi connectivity index (χ1n) is 19.4. The molecule has 196 valence electrons. The molecule has 1 aliphatic rings. The summed E-state index contributed by atoms with van der Waals surface area (Å²) in [5, 5.41) is 1.61. The van der Waals surface area contributed by atoms with Gasteiger partial charge in [-0.25, -0.2) is 0 Å². The summed E-state index contributed by atoms with van der Waals surface area (Å²) in [6.07, 6.45) is 0. The lowest BCUT2D eigenvalue weighted by atomic mass is 9.73. The molecule has 0 amide bonds. The molecule has 0 heterocycles. The van der Waals surface area contributed by atoms with E-state index in [9.17, 15) is 4.11 Å². The lowest BCUT2D eigenvalue weighted by Gasteiger charge is -2.29. The normalized spacial score (nSPS) is 19.5. The van der Waals surface area contributed by atoms with Crippen LogP contribution in [0.1, 0.15) is 38.7 Å². The van der Waals surface area contributed by atoms with Gasteiger partial charge in [-0.05, 0) is 101 Å². The Morgan fingerprint density at radius 3 is 2.14 bits per heavy atom. The summed E-state index contributed by atoms with van der Waals surface area (Å²) >= 11 is 0. The van der Waals surface area contributed by atoms with E-state index in [-0.39, 0.29) is 37.9 Å². The van der Waals surface area contributed by atoms with Crippen LogP contribution in [-0.4, -0.2) is 0 Å². The summed E-state index contributed by atoms with van der Waals surface area (Å²) < 4.78 is 97.8. The maximum Gasteiger partial charge on any atom is 0.0636 e. The van der Waals surface area contributed by atoms with Crippen molar-refractivity contribution in [1.29, 1.82) is 0 Å². The molecule has 0 spiro atoms. The summed E-state index contributed by atoms with van der Waals surface area (Å²) in [4.78, 5) is 0. The molecule has 0 nitrogen and oxygen atoms in total. The van der Waals surface area contributed by atoms with E-state index >= 15 is 0 Å². The smallest absolute Gasteiger partial charge is 0.0622 e. The van der Waals surface area contributed by atoms with Crippen molar-refractivity contribution in [2.24, 2.45) is 0 Å². The lowest BCUT2D eigenvalue weighted by molar-refractivity contribution is 0.715. The highest BCUT2D eigenvalue weighted by Gasteiger charge is 2.41. The largest absolute Gasteiger partial charge is 0.0636 e. The third kappa shape index (κ3) is 3.12. The Hall–Kier alpha value is -5.20. The zero-order chi connectivity index (χ0) is 37.4. The van der Waals surface area contributed by atoms with Gasteiger partial charge >= 0.3 is 0 Å². The number of rotatable bonds is 2. The molecule has 42 heavy (non-hydrogen) atoms. The third-order valence-electron chi connectivity index (χ3n) is 8.87. The second-order valence-corrected chi connectivity index (χ2v) is 11.0. The fraction of sp³-hybridized carbons (Fsp3) is 0.0476. The Morgan fingerprint density at radius 1 is 0.500 bits per heavy atom. The number of hydrogen-bond acceptors (Lipinski definition) is 0. The van der Waals surface area contributed by atoms with Gasteiger partial charge in [0.1, 0.15) is 0 Å². The summed E-state index contributed by atoms with van der Waals surface area (Å²) in [6.45, 7) is 2.16. The van der Waals surface area contributed by atoms with Crippen molar-refractivity contribution < 1.29 is 15.1 Å². The summed E-state index contributed by atoms with van der Waals surface area (Å²) in [6, 6.07) is 23.0. The van der Waals surface area contributed by atoms with Crippen LogP contribution in [0, 0.1) is 0 Å². The van der Waals surface area contributed by atoms with Crippen molar-refractivity contribution in [3.63, 3.8) is 0 Å². The summed E-state index contributed by atoms with van der Waals surface area (Å²) in [5.41, 5.74) is 5.09. The highest BCUT2D eigenvalue weighted by Crippen LogP contribution is 2.55. The molecule has 9 rings (SSSR count). The molecule has 0 bridgehead atoms. The highest BCUT2D eigenvalue weighted by molar-refractivity contribution is 6.20. The number of fused-ring (bicyclic) bond motifs is 9. The molecule has 1 atom stereocenters. The van der Waals surface area contributed by atoms with Crippen LogP contribution in [0.5, 0.6) is 0 Å². The Labute approximate surface area is 261 Å². The van der Waals surface area contributed by atoms with E-state index in [1.165, 1.54) is 0 Å². The molecular formula is C42H28. The van der Waals surface area contributed by atoms with Crippen molar-refractivity contribution in [1.82, 2.24) is 0 Å². The molecule has 8 aromatic carbocycles. The SMILES string of the molecule is [2H]c1c([2H])c([2H])c2c([2H])c3c(c([2H])c([2H])c4c([2H])c([2H])c([2H])c([2H])c43)c(-c3ccc4c(c3)C(C)(c3ccccc3)c3ccc5ccccc5c3-4)c2c1[2H]. The molecule has 0 saturated heterocycles. The van der Waals surface area contributed by atoms with Crippen LogP contribution in [0.4, 0.5) is 0 Å². The molecule has 1 unspecified atom stereocenters. The van der Waals surface area contributed by atoms with Crippen LogP contribution >= 0.6 is 0 Å². The molecule has 0 saturated carbocycles. The van der Waals surface area contributed by atoms with Crippen molar-refractivity contribution in [3.05, 3.63) is 168 Å². The van der Waals surface area contributed by atoms with Gasteiger partial charge in [0.05, 0.1) is 15.1 Å². The molecule has 0 fully saturated rings. The third-order valence-corrected chi connectivity index (χ3v) is 8.87. The van der Waals surface area contributed by atoms with Crippen molar-refractivity contribution >= 4 is 43.1 Å². The average molecular weight is 544 g/mol. The Kier molecular flexibility index (Phi) is 3.12. The van der Waals surface area contributed by atoms with Gasteiger partial charge in [0.15, 0.2) is 0 Å². The van der Waals surface area contributed by atoms with Gasteiger partial charge < -0.3 is 0 Å². The van der Waals surface area contributed by atoms with E-state index in [2.05, 4.69) is 43.3 Å². The zero-order valence-electron chi connectivity index (χ0n) is 33.6. The molecular weight excluding hydrogens is 504 g/mol. The van der Waals surface area contributed by atoms with Crippen LogP contribution in [0.25, 0.3) is 65.3 Å². The van der Waals surface area contributed by atoms with Crippen LogP contribution in [0.2, 0.25) is 0 Å². The van der Waals surface area contributed by atoms with E-state index in [1.54, 1.807) is 0 Å². The van der Waals surface area contributed by atoms with E-state index < -0.39 is 71.9 Å². The monoisotopic (exact) mass is 543 g/mol. The van der Waals surface area contributed by atoms with Gasteiger partial charge in [0.25, 0.3) is 0 Å². The van der Waals surface area contributed by atoms with Crippen LogP contribution < -0.4 is 0 Å². The van der Waals surface area contributed by atoms with E-state index in [4.69, 9.17) is 11.0 Å². The Balaban J connectivity index is 1.52. The van der Waals surface area contributed by atoms with Gasteiger partial charge in [-0.15, -0.1) is 0 Å². The minimum absolute atomic E-state index is 0.00362. The van der Waals surface area contributed by atoms with Gasteiger partial charge in [-0.3, -0.25) is 0 Å². The van der Waals surface area contributed by atoms with Crippen LogP contribution in [-0.2, 0) is 5.41 Å². The molecule has 0 aromatic heterocycles. The predicted octanol–water partition coefficient (Wildman–Crippen LogP) is 11.3. The topological polar surface area (TPSA) is 0 Å². The molecule has 0 aliphatic heterocycles. The fourth-order valence-corrected chi connectivity index (χ4v) is 6.89. The second kappa shape index (κ2) is 8.65. The molecule has 0 radical (unpaired) electrons. The van der Waals surface area contributed by atoms with E-state index in [1.807, 2.05) is 48.5 Å². The zero-order valence-corrected chi connectivity index (χ0v) is 22.6. The van der Waals surface area contributed by atoms with Crippen molar-refractivity contribution in [2.45, 2.75) is 12.3 Å². The predicted molar refractivity (Wildman–Crippen MR) is 179 cm³/mol. The maximum atomic E-state index is 9.45. The number of benzene rings is 8. The summed E-state index contributed by atoms with van der Waals surface area (Å²) in [5.74, 6) is 0. The first-order valence-corrected chi connectivity index (χ1v) is 13.9. The first kappa shape index (κ1) is 15.1. The second-order valence-electron chi connectivity index (χ2n) is 11.0. The average Bonchev–Trinajstić information content (AvgIpc) is 3.44. The summed E-state index contributed by atoms with van der Waals surface area (Å²) in [7, 11) is 0. The van der Waals surface area contributed by atoms with Crippen LogP contribution in [0.3, 0.4) is 0 Å². The minimum atomic E-state index is -0.678. The minimum Gasteiger partial charge on any atom is -0.0622 e. The molecule has 0 N–H and O–H groups in total. The van der Waals surface area contributed by atoms with Crippen molar-refractivity contribution in [3.8, 4) is 22.3 Å². The lowest BCUT2D eigenvalue weighted by Crippen LogP contribution is -2.22. The van der Waals surface area contributed by atoms with Gasteiger partial charge in [0, 0.05) is 5.41 Å². The quantitative estimate of drug-likeness (QED) is 0.150. The number of hydrogen-bond donors (Lipinski definition) is 0. The maximum absolute atomic E-state index is 9.45. The standard InChI is InChI=1S/C42H28/c1-42(31-14-3-2-4-15-31)38-24-21-28-12-6-9-17-33(28)41(38)36-23-20-30(26-39(36)42)40-34-18-10-7-13-29(34)25-37-32-16-8-5-11-27(32)19-22-35(37)40/h2-26H,1H3/i5D,7D,8D,10D,11D,13D,16D,18D,19D,22D,25D.